The minimum Gasteiger partial charge on any atom is -0.361 e. The average Bonchev–Trinajstić information content (AvgIpc) is 2.31. The number of nitrogens with one attached hydrogen (secondary N) is 1. The third kappa shape index (κ3) is 5.18. The lowest BCUT2D eigenvalue weighted by Gasteiger charge is -2.12. The first-order chi connectivity index (χ1) is 8.20. The SMILES string of the molecule is CCOP(=O)(/C=C\Nc1ccccc1)OCC. The molecule has 0 saturated carbocycles. The van der Waals surface area contributed by atoms with E-state index in [0.29, 0.717) is 13.2 Å². The van der Waals surface area contributed by atoms with Gasteiger partial charge in [-0.2, -0.15) is 0 Å². The van der Waals surface area contributed by atoms with Crippen LogP contribution >= 0.6 is 7.60 Å². The van der Waals surface area contributed by atoms with Gasteiger partial charge in [0.15, 0.2) is 0 Å². The van der Waals surface area contributed by atoms with Crippen LogP contribution in [-0.4, -0.2) is 13.2 Å². The van der Waals surface area contributed by atoms with Gasteiger partial charge >= 0.3 is 7.60 Å². The van der Waals surface area contributed by atoms with Crippen molar-refractivity contribution >= 4 is 13.3 Å². The Morgan fingerprint density at radius 3 is 2.29 bits per heavy atom. The summed E-state index contributed by atoms with van der Waals surface area (Å²) in [6, 6.07) is 9.59. The van der Waals surface area contributed by atoms with Gasteiger partial charge in [0.2, 0.25) is 0 Å². The maximum absolute atomic E-state index is 12.0. The molecule has 1 rings (SSSR count). The van der Waals surface area contributed by atoms with Crippen LogP contribution in [-0.2, 0) is 13.6 Å². The van der Waals surface area contributed by atoms with Crippen LogP contribution in [0.5, 0.6) is 0 Å². The fourth-order valence-electron chi connectivity index (χ4n) is 1.24. The van der Waals surface area contributed by atoms with Crippen molar-refractivity contribution in [1.82, 2.24) is 0 Å². The summed E-state index contributed by atoms with van der Waals surface area (Å²) < 4.78 is 22.3. The molecule has 17 heavy (non-hydrogen) atoms. The highest BCUT2D eigenvalue weighted by Crippen LogP contribution is 2.49. The molecule has 1 N–H and O–H groups in total. The van der Waals surface area contributed by atoms with E-state index >= 15 is 0 Å². The highest BCUT2D eigenvalue weighted by Gasteiger charge is 2.18. The number of hydrogen-bond donors (Lipinski definition) is 1. The molecule has 0 fully saturated rings. The summed E-state index contributed by atoms with van der Waals surface area (Å²) in [6.45, 7) is 4.27. The third-order valence-corrected chi connectivity index (χ3v) is 3.65. The first-order valence-corrected chi connectivity index (χ1v) is 7.19. The predicted octanol–water partition coefficient (Wildman–Crippen LogP) is 3.84. The maximum atomic E-state index is 12.0. The van der Waals surface area contributed by atoms with Gasteiger partial charge in [-0.15, -0.1) is 0 Å². The van der Waals surface area contributed by atoms with Crippen molar-refractivity contribution < 1.29 is 13.6 Å². The van der Waals surface area contributed by atoms with Crippen LogP contribution in [0.25, 0.3) is 0 Å². The van der Waals surface area contributed by atoms with Crippen molar-refractivity contribution in [2.45, 2.75) is 13.8 Å². The minimum atomic E-state index is -3.10. The summed E-state index contributed by atoms with van der Waals surface area (Å²) in [7, 11) is -3.10. The molecule has 0 aliphatic heterocycles. The molecule has 0 aliphatic rings. The summed E-state index contributed by atoms with van der Waals surface area (Å²) >= 11 is 0. The Morgan fingerprint density at radius 2 is 1.76 bits per heavy atom. The van der Waals surface area contributed by atoms with Crippen molar-refractivity contribution in [1.29, 1.82) is 0 Å². The standard InChI is InChI=1S/C12H18NO3P/c1-3-15-17(14,16-4-2)11-10-13-12-8-6-5-7-9-12/h5-11,13H,3-4H2,1-2H3/b11-10-. The number of para-hydroxylation sites is 1. The third-order valence-electron chi connectivity index (χ3n) is 1.90. The van der Waals surface area contributed by atoms with Gasteiger partial charge in [-0.05, 0) is 26.0 Å². The van der Waals surface area contributed by atoms with Gasteiger partial charge in [-0.3, -0.25) is 4.57 Å². The number of rotatable bonds is 7. The molecule has 1 aromatic rings. The van der Waals surface area contributed by atoms with Crippen molar-refractivity contribution in [3.05, 3.63) is 42.3 Å². The van der Waals surface area contributed by atoms with Gasteiger partial charge in [0.05, 0.1) is 13.2 Å². The van der Waals surface area contributed by atoms with Crippen LogP contribution in [0.3, 0.4) is 0 Å². The summed E-state index contributed by atoms with van der Waals surface area (Å²) in [6.07, 6.45) is 1.58. The van der Waals surface area contributed by atoms with Crippen LogP contribution in [0.1, 0.15) is 13.8 Å². The molecule has 1 aromatic carbocycles. The van der Waals surface area contributed by atoms with Crippen molar-refractivity contribution in [2.75, 3.05) is 18.5 Å². The number of benzene rings is 1. The van der Waals surface area contributed by atoms with E-state index < -0.39 is 7.60 Å². The summed E-state index contributed by atoms with van der Waals surface area (Å²) in [5, 5.41) is 3.00. The van der Waals surface area contributed by atoms with Crippen molar-refractivity contribution in [2.24, 2.45) is 0 Å². The van der Waals surface area contributed by atoms with Gasteiger partial charge in [-0.1, -0.05) is 18.2 Å². The Kier molecular flexibility index (Phi) is 5.98. The molecular weight excluding hydrogens is 237 g/mol. The minimum absolute atomic E-state index is 0.354. The fraction of sp³-hybridized carbons (Fsp3) is 0.333. The van der Waals surface area contributed by atoms with Gasteiger partial charge in [0, 0.05) is 17.7 Å². The van der Waals surface area contributed by atoms with Gasteiger partial charge in [-0.25, -0.2) is 0 Å². The predicted molar refractivity (Wildman–Crippen MR) is 70.1 cm³/mol. The van der Waals surface area contributed by atoms with E-state index in [4.69, 9.17) is 9.05 Å². The Labute approximate surface area is 102 Å². The van der Waals surface area contributed by atoms with Crippen LogP contribution in [0.4, 0.5) is 5.69 Å². The summed E-state index contributed by atoms with van der Waals surface area (Å²) in [4.78, 5) is 0. The first kappa shape index (κ1) is 14.0. The molecule has 0 unspecified atom stereocenters. The summed E-state index contributed by atoms with van der Waals surface area (Å²) in [5.74, 6) is 1.44. The van der Waals surface area contributed by atoms with Crippen LogP contribution in [0, 0.1) is 0 Å². The lowest BCUT2D eigenvalue weighted by molar-refractivity contribution is 0.229. The van der Waals surface area contributed by atoms with E-state index in [2.05, 4.69) is 5.32 Å². The van der Waals surface area contributed by atoms with E-state index in [9.17, 15) is 4.57 Å². The molecule has 0 amide bonds. The molecule has 94 valence electrons. The smallest absolute Gasteiger partial charge is 0.355 e. The Bertz CT molecular complexity index is 382. The zero-order valence-electron chi connectivity index (χ0n) is 10.1. The van der Waals surface area contributed by atoms with Gasteiger partial charge < -0.3 is 14.4 Å². The Balaban J connectivity index is 2.58. The Hall–Kier alpha value is -1.09. The number of anilines is 1. The second kappa shape index (κ2) is 7.28. The lowest BCUT2D eigenvalue weighted by atomic mass is 10.3. The molecule has 4 nitrogen and oxygen atoms in total. The normalized spacial score (nSPS) is 11.9. The molecule has 0 radical (unpaired) electrons. The van der Waals surface area contributed by atoms with Crippen LogP contribution in [0.15, 0.2) is 42.3 Å². The van der Waals surface area contributed by atoms with Gasteiger partial charge in [0.25, 0.3) is 0 Å². The molecule has 0 aliphatic carbocycles. The monoisotopic (exact) mass is 255 g/mol. The van der Waals surface area contributed by atoms with Crippen molar-refractivity contribution in [3.8, 4) is 0 Å². The molecule has 0 aromatic heterocycles. The van der Waals surface area contributed by atoms with Crippen LogP contribution in [0.2, 0.25) is 0 Å². The molecule has 5 heteroatoms. The maximum Gasteiger partial charge on any atom is 0.355 e. The first-order valence-electron chi connectivity index (χ1n) is 5.58. The van der Waals surface area contributed by atoms with E-state index in [0.717, 1.165) is 5.69 Å². The lowest BCUT2D eigenvalue weighted by Crippen LogP contribution is -1.94. The molecule has 0 spiro atoms. The van der Waals surface area contributed by atoms with E-state index in [1.54, 1.807) is 20.0 Å². The zero-order valence-corrected chi connectivity index (χ0v) is 11.0. The fourth-order valence-corrected chi connectivity index (χ4v) is 2.47. The highest BCUT2D eigenvalue weighted by molar-refractivity contribution is 7.57. The molecule has 0 bridgehead atoms. The Morgan fingerprint density at radius 1 is 1.18 bits per heavy atom. The van der Waals surface area contributed by atoms with E-state index in [-0.39, 0.29) is 0 Å². The van der Waals surface area contributed by atoms with E-state index in [1.165, 1.54) is 5.82 Å². The average molecular weight is 255 g/mol. The molecular formula is C12H18NO3P. The largest absolute Gasteiger partial charge is 0.361 e. The summed E-state index contributed by atoms with van der Waals surface area (Å²) in [5.41, 5.74) is 0.920. The number of hydrogen-bond acceptors (Lipinski definition) is 4. The second-order valence-corrected chi connectivity index (χ2v) is 5.10. The van der Waals surface area contributed by atoms with Gasteiger partial charge in [0.1, 0.15) is 0 Å². The van der Waals surface area contributed by atoms with Crippen molar-refractivity contribution in [3.63, 3.8) is 0 Å². The van der Waals surface area contributed by atoms with E-state index in [1.807, 2.05) is 30.3 Å². The molecule has 0 atom stereocenters. The highest BCUT2D eigenvalue weighted by atomic mass is 31.2. The molecule has 0 heterocycles. The topological polar surface area (TPSA) is 47.6 Å². The van der Waals surface area contributed by atoms with Crippen LogP contribution < -0.4 is 5.32 Å². The molecule has 0 saturated heterocycles. The second-order valence-electron chi connectivity index (χ2n) is 3.20. The zero-order chi connectivity index (χ0) is 12.6. The quantitative estimate of drug-likeness (QED) is 0.752.